The molecule has 154 valence electrons. The molecule has 0 unspecified atom stereocenters. The number of aliphatic hydroxyl groups is 1. The maximum Gasteiger partial charge on any atom is 0.325 e. The highest BCUT2D eigenvalue weighted by molar-refractivity contribution is 6.21. The van der Waals surface area contributed by atoms with Gasteiger partial charge in [-0.3, -0.25) is 24.2 Å². The molecular formula is C22H21N3O5. The summed E-state index contributed by atoms with van der Waals surface area (Å²) in [5.74, 6) is -1.51. The van der Waals surface area contributed by atoms with Crippen LogP contribution in [0.5, 0.6) is 0 Å². The average Bonchev–Trinajstić information content (AvgIpc) is 3.09. The number of aliphatic hydroxyl groups excluding tert-OH is 1. The molecule has 8 nitrogen and oxygen atoms in total. The fraction of sp³-hybridized carbons (Fsp3) is 0.273. The Morgan fingerprint density at radius 1 is 0.900 bits per heavy atom. The summed E-state index contributed by atoms with van der Waals surface area (Å²) in [6, 6.07) is 13.0. The van der Waals surface area contributed by atoms with Gasteiger partial charge in [0.25, 0.3) is 17.7 Å². The molecule has 0 bridgehead atoms. The highest BCUT2D eigenvalue weighted by Gasteiger charge is 2.49. The number of fused-ring (bicyclic) bond motifs is 1. The smallest absolute Gasteiger partial charge is 0.325 e. The van der Waals surface area contributed by atoms with Crippen LogP contribution in [0.4, 0.5) is 4.79 Å². The van der Waals surface area contributed by atoms with Crippen molar-refractivity contribution in [3.63, 3.8) is 0 Å². The number of nitrogens with one attached hydrogen (secondary N) is 1. The van der Waals surface area contributed by atoms with E-state index < -0.39 is 35.4 Å². The fourth-order valence-electron chi connectivity index (χ4n) is 3.83. The number of carbonyl (C=O) groups excluding carboxylic acids is 4. The molecule has 5 amide bonds. The number of hydrogen-bond donors (Lipinski definition) is 2. The van der Waals surface area contributed by atoms with Gasteiger partial charge in [-0.25, -0.2) is 4.79 Å². The van der Waals surface area contributed by atoms with Gasteiger partial charge in [0.1, 0.15) is 5.54 Å². The highest BCUT2D eigenvalue weighted by atomic mass is 16.3. The minimum Gasteiger partial charge on any atom is -0.389 e. The molecule has 8 heteroatoms. The van der Waals surface area contributed by atoms with E-state index in [1.165, 1.54) is 0 Å². The first-order valence-corrected chi connectivity index (χ1v) is 9.57. The van der Waals surface area contributed by atoms with E-state index in [0.717, 1.165) is 15.4 Å². The Labute approximate surface area is 173 Å². The monoisotopic (exact) mass is 407 g/mol. The number of imide groups is 2. The highest BCUT2D eigenvalue weighted by Crippen LogP contribution is 2.29. The summed E-state index contributed by atoms with van der Waals surface area (Å²) in [4.78, 5) is 52.2. The van der Waals surface area contributed by atoms with Crippen LogP contribution < -0.4 is 5.32 Å². The quantitative estimate of drug-likeness (QED) is 0.576. The molecule has 30 heavy (non-hydrogen) atoms. The van der Waals surface area contributed by atoms with Gasteiger partial charge in [0.15, 0.2) is 0 Å². The molecule has 2 heterocycles. The van der Waals surface area contributed by atoms with E-state index >= 15 is 0 Å². The molecule has 2 aromatic carbocycles. The van der Waals surface area contributed by atoms with E-state index in [4.69, 9.17) is 0 Å². The van der Waals surface area contributed by atoms with Crippen LogP contribution in [-0.4, -0.2) is 57.9 Å². The third-order valence-corrected chi connectivity index (χ3v) is 5.57. The summed E-state index contributed by atoms with van der Waals surface area (Å²) in [6.07, 6.45) is -1.28. The molecule has 1 saturated heterocycles. The zero-order valence-corrected chi connectivity index (χ0v) is 16.6. The summed E-state index contributed by atoms with van der Waals surface area (Å²) in [7, 11) is 0. The zero-order chi connectivity index (χ0) is 21.6. The fourth-order valence-corrected chi connectivity index (χ4v) is 3.83. The number of aryl methyl sites for hydroxylation is 1. The Morgan fingerprint density at radius 2 is 1.43 bits per heavy atom. The zero-order valence-electron chi connectivity index (χ0n) is 16.6. The topological polar surface area (TPSA) is 107 Å². The van der Waals surface area contributed by atoms with Gasteiger partial charge in [-0.05, 0) is 31.5 Å². The maximum atomic E-state index is 13.0. The lowest BCUT2D eigenvalue weighted by molar-refractivity contribution is -0.132. The van der Waals surface area contributed by atoms with E-state index in [0.29, 0.717) is 5.56 Å². The van der Waals surface area contributed by atoms with Crippen LogP contribution in [0.15, 0.2) is 48.5 Å². The van der Waals surface area contributed by atoms with Gasteiger partial charge < -0.3 is 10.4 Å². The van der Waals surface area contributed by atoms with Crippen LogP contribution in [0, 0.1) is 6.92 Å². The summed E-state index contributed by atoms with van der Waals surface area (Å²) >= 11 is 0. The summed E-state index contributed by atoms with van der Waals surface area (Å²) < 4.78 is 0. The standard InChI is InChI=1S/C22H21N3O5/c1-13-7-9-14(10-8-13)22(2)20(29)25(21(30)23-22)12-15(26)11-24-18(27)16-5-3-4-6-17(16)19(24)28/h3-10,15,26H,11-12H2,1-2H3,(H,23,30)/t15-,22-/m1/s1. The van der Waals surface area contributed by atoms with Crippen molar-refractivity contribution < 1.29 is 24.3 Å². The molecule has 2 aliphatic heterocycles. The molecule has 0 saturated carbocycles. The van der Waals surface area contributed by atoms with Crippen LogP contribution >= 0.6 is 0 Å². The van der Waals surface area contributed by atoms with Gasteiger partial charge in [0.05, 0.1) is 30.3 Å². The van der Waals surface area contributed by atoms with Crippen LogP contribution in [0.3, 0.4) is 0 Å². The van der Waals surface area contributed by atoms with Crippen molar-refractivity contribution in [3.05, 3.63) is 70.8 Å². The number of nitrogens with zero attached hydrogens (tertiary/aromatic N) is 2. The van der Waals surface area contributed by atoms with E-state index in [2.05, 4.69) is 5.32 Å². The van der Waals surface area contributed by atoms with Crippen LogP contribution in [0.2, 0.25) is 0 Å². The average molecular weight is 407 g/mol. The second kappa shape index (κ2) is 7.07. The molecule has 0 aliphatic carbocycles. The number of hydrogen-bond acceptors (Lipinski definition) is 5. The molecule has 2 aromatic rings. The first-order chi connectivity index (χ1) is 14.2. The van der Waals surface area contributed by atoms with Gasteiger partial charge in [-0.1, -0.05) is 42.0 Å². The van der Waals surface area contributed by atoms with E-state index in [-0.39, 0.29) is 24.2 Å². The molecular weight excluding hydrogens is 386 g/mol. The lowest BCUT2D eigenvalue weighted by Gasteiger charge is -2.24. The minimum atomic E-state index is -1.28. The molecule has 0 spiro atoms. The third-order valence-electron chi connectivity index (χ3n) is 5.57. The Morgan fingerprint density at radius 3 is 2.00 bits per heavy atom. The Hall–Kier alpha value is -3.52. The molecule has 2 N–H and O–H groups in total. The van der Waals surface area contributed by atoms with Crippen molar-refractivity contribution in [1.29, 1.82) is 0 Å². The molecule has 0 radical (unpaired) electrons. The van der Waals surface area contributed by atoms with Crippen LogP contribution in [0.1, 0.15) is 38.8 Å². The molecule has 4 rings (SSSR count). The van der Waals surface area contributed by atoms with Gasteiger partial charge >= 0.3 is 6.03 Å². The van der Waals surface area contributed by atoms with Crippen molar-refractivity contribution in [2.45, 2.75) is 25.5 Å². The third kappa shape index (κ3) is 3.05. The minimum absolute atomic E-state index is 0.275. The Bertz CT molecular complexity index is 1030. The maximum absolute atomic E-state index is 13.0. The Balaban J connectivity index is 1.47. The van der Waals surface area contributed by atoms with Gasteiger partial charge in [0.2, 0.25) is 0 Å². The second-order valence-corrected chi connectivity index (χ2v) is 7.76. The number of amides is 5. The van der Waals surface area contributed by atoms with Crippen molar-refractivity contribution in [2.75, 3.05) is 13.1 Å². The first kappa shape index (κ1) is 19.8. The summed E-state index contributed by atoms with van der Waals surface area (Å²) in [6.45, 7) is 2.88. The predicted molar refractivity (Wildman–Crippen MR) is 107 cm³/mol. The number of β-amino-alcohol motifs (C(OH)–C–C–N with tert-alkyl or cyclic N) is 1. The molecule has 2 atom stereocenters. The predicted octanol–water partition coefficient (Wildman–Crippen LogP) is 1.42. The van der Waals surface area contributed by atoms with Gasteiger partial charge in [-0.2, -0.15) is 0 Å². The van der Waals surface area contributed by atoms with Crippen molar-refractivity contribution in [3.8, 4) is 0 Å². The number of rotatable bonds is 5. The van der Waals surface area contributed by atoms with Gasteiger partial charge in [-0.15, -0.1) is 0 Å². The molecule has 1 fully saturated rings. The lowest BCUT2D eigenvalue weighted by Crippen LogP contribution is -2.45. The summed E-state index contributed by atoms with van der Waals surface area (Å²) in [5, 5.41) is 13.2. The molecule has 0 aromatic heterocycles. The van der Waals surface area contributed by atoms with Crippen molar-refractivity contribution in [1.82, 2.24) is 15.1 Å². The van der Waals surface area contributed by atoms with Gasteiger partial charge in [0, 0.05) is 0 Å². The van der Waals surface area contributed by atoms with E-state index in [1.807, 2.05) is 19.1 Å². The summed E-state index contributed by atoms with van der Waals surface area (Å²) in [5.41, 5.74) is 0.949. The second-order valence-electron chi connectivity index (χ2n) is 7.76. The number of carbonyl (C=O) groups is 4. The number of urea groups is 1. The first-order valence-electron chi connectivity index (χ1n) is 9.57. The van der Waals surface area contributed by atoms with Crippen molar-refractivity contribution in [2.24, 2.45) is 0 Å². The van der Waals surface area contributed by atoms with E-state index in [9.17, 15) is 24.3 Å². The molecule has 2 aliphatic rings. The normalized spacial score (nSPS) is 21.8. The van der Waals surface area contributed by atoms with E-state index in [1.54, 1.807) is 43.3 Å². The largest absolute Gasteiger partial charge is 0.389 e. The van der Waals surface area contributed by atoms with Crippen molar-refractivity contribution >= 4 is 23.8 Å². The Kier molecular flexibility index (Phi) is 4.66. The SMILES string of the molecule is Cc1ccc([C@@]2(C)NC(=O)N(C[C@H](O)CN3C(=O)c4ccccc4C3=O)C2=O)cc1. The number of benzene rings is 2. The van der Waals surface area contributed by atoms with Crippen LogP contribution in [-0.2, 0) is 10.3 Å². The van der Waals surface area contributed by atoms with Crippen LogP contribution in [0.25, 0.3) is 0 Å². The lowest BCUT2D eigenvalue weighted by atomic mass is 9.91.